The molecule has 0 unspecified atom stereocenters. The molecule has 0 atom stereocenters. The van der Waals surface area contributed by atoms with Crippen LogP contribution >= 0.6 is 0 Å². The Morgan fingerprint density at radius 3 is 2.69 bits per heavy atom. The third-order valence-corrected chi connectivity index (χ3v) is 5.63. The van der Waals surface area contributed by atoms with E-state index >= 15 is 0 Å². The van der Waals surface area contributed by atoms with E-state index in [9.17, 15) is 4.79 Å². The summed E-state index contributed by atoms with van der Waals surface area (Å²) in [5, 5.41) is 1.26. The molecule has 6 nitrogen and oxygen atoms in total. The zero-order chi connectivity index (χ0) is 19.8. The molecule has 0 saturated carbocycles. The van der Waals surface area contributed by atoms with Gasteiger partial charge in [0, 0.05) is 49.7 Å². The molecule has 0 amide bonds. The Hall–Kier alpha value is -3.38. The predicted octanol–water partition coefficient (Wildman–Crippen LogP) is 2.91. The van der Waals surface area contributed by atoms with Crippen molar-refractivity contribution in [2.24, 2.45) is 0 Å². The third kappa shape index (κ3) is 3.43. The molecule has 0 aliphatic carbocycles. The van der Waals surface area contributed by atoms with Crippen LogP contribution in [-0.2, 0) is 26.1 Å². The number of anilines is 1. The molecular formula is C23H23N5O. The Labute approximate surface area is 168 Å². The van der Waals surface area contributed by atoms with Crippen molar-refractivity contribution < 1.29 is 0 Å². The van der Waals surface area contributed by atoms with Crippen molar-refractivity contribution in [3.8, 4) is 0 Å². The topological polar surface area (TPSA) is 79.9 Å². The second kappa shape index (κ2) is 7.22. The quantitative estimate of drug-likeness (QED) is 0.566. The molecule has 5 rings (SSSR count). The molecule has 0 radical (unpaired) electrons. The molecule has 4 aromatic rings. The van der Waals surface area contributed by atoms with Crippen LogP contribution in [0.15, 0.2) is 65.6 Å². The summed E-state index contributed by atoms with van der Waals surface area (Å²) in [4.78, 5) is 21.5. The number of rotatable bonds is 4. The first kappa shape index (κ1) is 17.7. The normalized spacial score (nSPS) is 14.2. The average Bonchev–Trinajstić information content (AvgIpc) is 3.06. The van der Waals surface area contributed by atoms with Gasteiger partial charge in [0.15, 0.2) is 0 Å². The van der Waals surface area contributed by atoms with Gasteiger partial charge < -0.3 is 10.3 Å². The smallest absolute Gasteiger partial charge is 0.257 e. The van der Waals surface area contributed by atoms with Crippen molar-refractivity contribution in [1.29, 1.82) is 0 Å². The SMILES string of the molecule is Nc1nc2c(c(=O)[nH]1)CN(Cc1cn(Cc3ccccc3)c3ccccc13)CC2. The number of benzene rings is 2. The molecule has 3 heterocycles. The van der Waals surface area contributed by atoms with Crippen LogP contribution in [0.3, 0.4) is 0 Å². The average molecular weight is 385 g/mol. The third-order valence-electron chi connectivity index (χ3n) is 5.63. The number of nitrogens with zero attached hydrogens (tertiary/aromatic N) is 3. The number of hydrogen-bond acceptors (Lipinski definition) is 4. The van der Waals surface area contributed by atoms with Crippen molar-refractivity contribution in [2.75, 3.05) is 12.3 Å². The Morgan fingerprint density at radius 1 is 1.03 bits per heavy atom. The molecule has 0 spiro atoms. The van der Waals surface area contributed by atoms with Gasteiger partial charge in [0.25, 0.3) is 5.56 Å². The highest BCUT2D eigenvalue weighted by atomic mass is 16.1. The Kier molecular flexibility index (Phi) is 4.41. The van der Waals surface area contributed by atoms with Gasteiger partial charge >= 0.3 is 0 Å². The second-order valence-corrected chi connectivity index (χ2v) is 7.62. The molecule has 3 N–H and O–H groups in total. The van der Waals surface area contributed by atoms with Crippen molar-refractivity contribution in [3.63, 3.8) is 0 Å². The number of fused-ring (bicyclic) bond motifs is 2. The molecule has 2 aromatic carbocycles. The van der Waals surface area contributed by atoms with E-state index in [4.69, 9.17) is 5.73 Å². The first-order valence-electron chi connectivity index (χ1n) is 9.88. The fraction of sp³-hybridized carbons (Fsp3) is 0.217. The number of nitrogens with two attached hydrogens (primary N) is 1. The first-order chi connectivity index (χ1) is 14.2. The van der Waals surface area contributed by atoms with Crippen LogP contribution in [0.4, 0.5) is 5.95 Å². The molecule has 0 saturated heterocycles. The Morgan fingerprint density at radius 2 is 1.83 bits per heavy atom. The summed E-state index contributed by atoms with van der Waals surface area (Å²) in [6.07, 6.45) is 2.99. The fourth-order valence-corrected chi connectivity index (χ4v) is 4.24. The summed E-state index contributed by atoms with van der Waals surface area (Å²) >= 11 is 0. The number of nitrogen functional groups attached to an aromatic ring is 1. The van der Waals surface area contributed by atoms with Crippen LogP contribution in [-0.4, -0.2) is 26.0 Å². The van der Waals surface area contributed by atoms with Crippen LogP contribution in [0, 0.1) is 0 Å². The van der Waals surface area contributed by atoms with Crippen molar-refractivity contribution in [2.45, 2.75) is 26.1 Å². The number of aromatic nitrogens is 3. The standard InChI is InChI=1S/C23H23N5O/c24-23-25-20-10-11-27(15-19(20)22(29)26-23)13-17-14-28(12-16-6-2-1-3-7-16)21-9-5-4-8-18(17)21/h1-9,14H,10-13,15H2,(H3,24,25,26,29). The van der Waals surface area contributed by atoms with Crippen molar-refractivity contribution in [3.05, 3.63) is 93.5 Å². The number of H-pyrrole nitrogens is 1. The number of nitrogens with one attached hydrogen (secondary N) is 1. The lowest BCUT2D eigenvalue weighted by atomic mass is 10.1. The summed E-state index contributed by atoms with van der Waals surface area (Å²) in [5.41, 5.74) is 10.9. The van der Waals surface area contributed by atoms with Crippen LogP contribution in [0.1, 0.15) is 22.4 Å². The second-order valence-electron chi connectivity index (χ2n) is 7.62. The highest BCUT2D eigenvalue weighted by Gasteiger charge is 2.22. The summed E-state index contributed by atoms with van der Waals surface area (Å²) in [7, 11) is 0. The lowest BCUT2D eigenvalue weighted by Crippen LogP contribution is -2.35. The van der Waals surface area contributed by atoms with E-state index in [0.717, 1.165) is 37.3 Å². The van der Waals surface area contributed by atoms with Crippen molar-refractivity contribution in [1.82, 2.24) is 19.4 Å². The van der Waals surface area contributed by atoms with Gasteiger partial charge in [-0.2, -0.15) is 0 Å². The predicted molar refractivity (Wildman–Crippen MR) is 115 cm³/mol. The maximum Gasteiger partial charge on any atom is 0.257 e. The molecule has 29 heavy (non-hydrogen) atoms. The zero-order valence-electron chi connectivity index (χ0n) is 16.1. The van der Waals surface area contributed by atoms with Crippen LogP contribution in [0.5, 0.6) is 0 Å². The molecule has 0 fully saturated rings. The number of hydrogen-bond donors (Lipinski definition) is 2. The molecular weight excluding hydrogens is 362 g/mol. The van der Waals surface area contributed by atoms with Gasteiger partial charge in [-0.05, 0) is 17.2 Å². The van der Waals surface area contributed by atoms with E-state index in [1.807, 2.05) is 6.07 Å². The van der Waals surface area contributed by atoms with E-state index in [-0.39, 0.29) is 11.5 Å². The molecule has 0 bridgehead atoms. The summed E-state index contributed by atoms with van der Waals surface area (Å²) < 4.78 is 2.31. The largest absolute Gasteiger partial charge is 0.369 e. The summed E-state index contributed by atoms with van der Waals surface area (Å²) in [6, 6.07) is 19.0. The van der Waals surface area contributed by atoms with Crippen LogP contribution < -0.4 is 11.3 Å². The summed E-state index contributed by atoms with van der Waals surface area (Å²) in [5.74, 6) is 0.200. The Balaban J connectivity index is 1.44. The highest BCUT2D eigenvalue weighted by molar-refractivity contribution is 5.84. The van der Waals surface area contributed by atoms with E-state index < -0.39 is 0 Å². The van der Waals surface area contributed by atoms with Gasteiger partial charge in [-0.15, -0.1) is 0 Å². The molecule has 1 aliphatic rings. The molecule has 146 valence electrons. The van der Waals surface area contributed by atoms with E-state index in [2.05, 4.69) is 74.2 Å². The van der Waals surface area contributed by atoms with E-state index in [1.165, 1.54) is 22.0 Å². The van der Waals surface area contributed by atoms with E-state index in [1.54, 1.807) is 0 Å². The molecule has 6 heteroatoms. The van der Waals surface area contributed by atoms with Gasteiger partial charge in [0.1, 0.15) is 0 Å². The zero-order valence-corrected chi connectivity index (χ0v) is 16.1. The molecule has 1 aliphatic heterocycles. The van der Waals surface area contributed by atoms with Gasteiger partial charge in [0.05, 0.1) is 11.3 Å². The first-order valence-corrected chi connectivity index (χ1v) is 9.88. The van der Waals surface area contributed by atoms with Gasteiger partial charge in [-0.1, -0.05) is 48.5 Å². The van der Waals surface area contributed by atoms with E-state index in [0.29, 0.717) is 6.54 Å². The van der Waals surface area contributed by atoms with Gasteiger partial charge in [-0.25, -0.2) is 4.98 Å². The lowest BCUT2D eigenvalue weighted by molar-refractivity contribution is 0.242. The maximum atomic E-state index is 12.3. The lowest BCUT2D eigenvalue weighted by Gasteiger charge is -2.27. The minimum Gasteiger partial charge on any atom is -0.369 e. The minimum atomic E-state index is -0.122. The Bertz CT molecular complexity index is 1230. The van der Waals surface area contributed by atoms with Crippen LogP contribution in [0.25, 0.3) is 10.9 Å². The molecule has 2 aromatic heterocycles. The minimum absolute atomic E-state index is 0.122. The highest BCUT2D eigenvalue weighted by Crippen LogP contribution is 2.25. The maximum absolute atomic E-state index is 12.3. The van der Waals surface area contributed by atoms with Gasteiger partial charge in [-0.3, -0.25) is 14.7 Å². The van der Waals surface area contributed by atoms with Crippen molar-refractivity contribution >= 4 is 16.9 Å². The van der Waals surface area contributed by atoms with Crippen LogP contribution in [0.2, 0.25) is 0 Å². The number of para-hydroxylation sites is 1. The number of aromatic amines is 1. The summed E-state index contributed by atoms with van der Waals surface area (Å²) in [6.45, 7) is 3.09. The van der Waals surface area contributed by atoms with Gasteiger partial charge in [0.2, 0.25) is 5.95 Å². The monoisotopic (exact) mass is 385 g/mol. The fourth-order valence-electron chi connectivity index (χ4n) is 4.24.